The van der Waals surface area contributed by atoms with Crippen molar-refractivity contribution in [2.24, 2.45) is 0 Å². The second-order valence-corrected chi connectivity index (χ2v) is 5.45. The fourth-order valence-electron chi connectivity index (χ4n) is 2.43. The first kappa shape index (κ1) is 13.6. The molecule has 0 fully saturated rings. The molecule has 4 heteroatoms. The van der Waals surface area contributed by atoms with Crippen molar-refractivity contribution < 1.29 is 0 Å². The van der Waals surface area contributed by atoms with Crippen molar-refractivity contribution in [3.8, 4) is 0 Å². The number of hydrogen-bond acceptors (Lipinski definition) is 3. The first-order valence-electron chi connectivity index (χ1n) is 7.11. The second-order valence-electron chi connectivity index (χ2n) is 5.45. The highest BCUT2D eigenvalue weighted by atomic mass is 15.1. The summed E-state index contributed by atoms with van der Waals surface area (Å²) in [7, 11) is 4.16. The van der Waals surface area contributed by atoms with Gasteiger partial charge in [0, 0.05) is 24.6 Å². The van der Waals surface area contributed by atoms with E-state index in [1.165, 1.54) is 11.3 Å². The van der Waals surface area contributed by atoms with Gasteiger partial charge in [-0.1, -0.05) is 24.3 Å². The third-order valence-electron chi connectivity index (χ3n) is 3.38. The first-order valence-corrected chi connectivity index (χ1v) is 7.11. The van der Waals surface area contributed by atoms with Gasteiger partial charge < -0.3 is 14.6 Å². The largest absolute Gasteiger partial charge is 0.379 e. The zero-order chi connectivity index (χ0) is 14.7. The number of para-hydroxylation sites is 1. The Bertz CT molecular complexity index is 697. The van der Waals surface area contributed by atoms with Crippen molar-refractivity contribution in [2.45, 2.75) is 13.1 Å². The summed E-state index contributed by atoms with van der Waals surface area (Å²) >= 11 is 0. The van der Waals surface area contributed by atoms with E-state index in [-0.39, 0.29) is 0 Å². The monoisotopic (exact) mass is 280 g/mol. The number of fused-ring (bicyclic) bond motifs is 1. The SMILES string of the molecule is CN(C)Cc1ccccc1NCc1cn2ccccc2n1. The van der Waals surface area contributed by atoms with Crippen LogP contribution in [0.5, 0.6) is 0 Å². The van der Waals surface area contributed by atoms with Gasteiger partial charge in [-0.05, 0) is 37.9 Å². The molecule has 0 aliphatic heterocycles. The van der Waals surface area contributed by atoms with Crippen LogP contribution in [0.4, 0.5) is 5.69 Å². The van der Waals surface area contributed by atoms with Crippen LogP contribution in [-0.2, 0) is 13.1 Å². The third-order valence-corrected chi connectivity index (χ3v) is 3.38. The van der Waals surface area contributed by atoms with Crippen LogP contribution in [0.1, 0.15) is 11.3 Å². The molecule has 0 saturated carbocycles. The van der Waals surface area contributed by atoms with Gasteiger partial charge in [-0.2, -0.15) is 0 Å². The lowest BCUT2D eigenvalue weighted by Crippen LogP contribution is -2.12. The van der Waals surface area contributed by atoms with Gasteiger partial charge >= 0.3 is 0 Å². The average Bonchev–Trinajstić information content (AvgIpc) is 2.88. The Balaban J connectivity index is 1.75. The minimum Gasteiger partial charge on any atom is -0.379 e. The van der Waals surface area contributed by atoms with E-state index in [0.29, 0.717) is 0 Å². The molecular formula is C17H20N4. The van der Waals surface area contributed by atoms with Crippen LogP contribution in [-0.4, -0.2) is 28.4 Å². The topological polar surface area (TPSA) is 32.6 Å². The molecule has 0 amide bonds. The van der Waals surface area contributed by atoms with Crippen LogP contribution in [0.2, 0.25) is 0 Å². The van der Waals surface area contributed by atoms with E-state index in [0.717, 1.165) is 24.4 Å². The number of benzene rings is 1. The Hall–Kier alpha value is -2.33. The number of nitrogens with zero attached hydrogens (tertiary/aromatic N) is 3. The lowest BCUT2D eigenvalue weighted by Gasteiger charge is -2.15. The lowest BCUT2D eigenvalue weighted by atomic mass is 10.1. The van der Waals surface area contributed by atoms with Crippen molar-refractivity contribution in [1.29, 1.82) is 0 Å². The molecule has 2 aromatic heterocycles. The maximum Gasteiger partial charge on any atom is 0.137 e. The van der Waals surface area contributed by atoms with Crippen molar-refractivity contribution in [3.05, 3.63) is 66.1 Å². The standard InChI is InChI=1S/C17H20N4/c1-20(2)12-14-7-3-4-8-16(14)18-11-15-13-21-10-6-5-9-17(21)19-15/h3-10,13,18H,11-12H2,1-2H3. The van der Waals surface area contributed by atoms with E-state index in [9.17, 15) is 0 Å². The summed E-state index contributed by atoms with van der Waals surface area (Å²) in [6, 6.07) is 14.5. The van der Waals surface area contributed by atoms with E-state index in [1.807, 2.05) is 28.8 Å². The number of nitrogens with one attached hydrogen (secondary N) is 1. The highest BCUT2D eigenvalue weighted by Crippen LogP contribution is 2.17. The zero-order valence-electron chi connectivity index (χ0n) is 12.5. The van der Waals surface area contributed by atoms with Crippen LogP contribution in [0.3, 0.4) is 0 Å². The van der Waals surface area contributed by atoms with Gasteiger partial charge in [-0.3, -0.25) is 0 Å². The number of pyridine rings is 1. The summed E-state index contributed by atoms with van der Waals surface area (Å²) in [5, 5.41) is 3.49. The van der Waals surface area contributed by atoms with E-state index >= 15 is 0 Å². The molecular weight excluding hydrogens is 260 g/mol. The van der Waals surface area contributed by atoms with E-state index in [2.05, 4.69) is 59.8 Å². The van der Waals surface area contributed by atoms with Crippen LogP contribution < -0.4 is 5.32 Å². The maximum absolute atomic E-state index is 4.61. The predicted molar refractivity (Wildman–Crippen MR) is 86.4 cm³/mol. The number of aromatic nitrogens is 2. The van der Waals surface area contributed by atoms with Crippen LogP contribution in [0, 0.1) is 0 Å². The maximum atomic E-state index is 4.61. The average molecular weight is 280 g/mol. The molecule has 108 valence electrons. The number of anilines is 1. The molecule has 21 heavy (non-hydrogen) atoms. The molecule has 0 radical (unpaired) electrons. The molecule has 2 heterocycles. The molecule has 0 saturated heterocycles. The molecule has 0 aliphatic carbocycles. The Kier molecular flexibility index (Phi) is 3.88. The van der Waals surface area contributed by atoms with Crippen molar-refractivity contribution >= 4 is 11.3 Å². The highest BCUT2D eigenvalue weighted by Gasteiger charge is 2.04. The number of rotatable bonds is 5. The predicted octanol–water partition coefficient (Wildman–Crippen LogP) is 3.01. The number of imidazole rings is 1. The van der Waals surface area contributed by atoms with E-state index < -0.39 is 0 Å². The highest BCUT2D eigenvalue weighted by molar-refractivity contribution is 5.51. The van der Waals surface area contributed by atoms with Crippen LogP contribution in [0.25, 0.3) is 5.65 Å². The molecule has 0 aliphatic rings. The van der Waals surface area contributed by atoms with Gasteiger partial charge in [-0.25, -0.2) is 4.98 Å². The molecule has 3 aromatic rings. The molecule has 1 N–H and O–H groups in total. The Morgan fingerprint density at radius 1 is 1.10 bits per heavy atom. The summed E-state index contributed by atoms with van der Waals surface area (Å²) < 4.78 is 2.04. The fourth-order valence-corrected chi connectivity index (χ4v) is 2.43. The Morgan fingerprint density at radius 3 is 2.71 bits per heavy atom. The van der Waals surface area contributed by atoms with Gasteiger partial charge in [0.15, 0.2) is 0 Å². The normalized spacial score (nSPS) is 11.2. The summed E-state index contributed by atoms with van der Waals surface area (Å²) in [6.07, 6.45) is 4.09. The first-order chi connectivity index (χ1) is 10.2. The van der Waals surface area contributed by atoms with Gasteiger partial charge in [-0.15, -0.1) is 0 Å². The van der Waals surface area contributed by atoms with Crippen LogP contribution >= 0.6 is 0 Å². The van der Waals surface area contributed by atoms with Gasteiger partial charge in [0.2, 0.25) is 0 Å². The fraction of sp³-hybridized carbons (Fsp3) is 0.235. The lowest BCUT2D eigenvalue weighted by molar-refractivity contribution is 0.403. The molecule has 3 rings (SSSR count). The molecule has 0 spiro atoms. The van der Waals surface area contributed by atoms with Crippen molar-refractivity contribution in [2.75, 3.05) is 19.4 Å². The molecule has 0 bridgehead atoms. The summed E-state index contributed by atoms with van der Waals surface area (Å²) in [4.78, 5) is 6.78. The summed E-state index contributed by atoms with van der Waals surface area (Å²) in [5.74, 6) is 0. The van der Waals surface area contributed by atoms with Crippen molar-refractivity contribution in [1.82, 2.24) is 14.3 Å². The zero-order valence-corrected chi connectivity index (χ0v) is 12.5. The van der Waals surface area contributed by atoms with E-state index in [1.54, 1.807) is 0 Å². The Labute approximate surface area is 125 Å². The minimum absolute atomic E-state index is 0.728. The Morgan fingerprint density at radius 2 is 1.90 bits per heavy atom. The molecule has 1 aromatic carbocycles. The van der Waals surface area contributed by atoms with Gasteiger partial charge in [0.1, 0.15) is 5.65 Å². The summed E-state index contributed by atoms with van der Waals surface area (Å²) in [5.41, 5.74) is 4.49. The second kappa shape index (κ2) is 5.97. The van der Waals surface area contributed by atoms with Crippen molar-refractivity contribution in [3.63, 3.8) is 0 Å². The smallest absolute Gasteiger partial charge is 0.137 e. The quantitative estimate of drug-likeness (QED) is 0.780. The third kappa shape index (κ3) is 3.23. The minimum atomic E-state index is 0.728. The molecule has 0 atom stereocenters. The number of hydrogen-bond donors (Lipinski definition) is 1. The van der Waals surface area contributed by atoms with E-state index in [4.69, 9.17) is 0 Å². The van der Waals surface area contributed by atoms with Gasteiger partial charge in [0.05, 0.1) is 12.2 Å². The summed E-state index contributed by atoms with van der Waals surface area (Å²) in [6.45, 7) is 1.65. The molecule has 4 nitrogen and oxygen atoms in total. The molecule has 0 unspecified atom stereocenters. The van der Waals surface area contributed by atoms with Gasteiger partial charge in [0.25, 0.3) is 0 Å². The van der Waals surface area contributed by atoms with Crippen LogP contribution in [0.15, 0.2) is 54.9 Å².